The van der Waals surface area contributed by atoms with Crippen LogP contribution in [0.2, 0.25) is 0 Å². The van der Waals surface area contributed by atoms with Crippen LogP contribution in [0.15, 0.2) is 29.6 Å². The van der Waals surface area contributed by atoms with E-state index in [-0.39, 0.29) is 0 Å². The van der Waals surface area contributed by atoms with E-state index in [4.69, 9.17) is 5.73 Å². The van der Waals surface area contributed by atoms with Crippen molar-refractivity contribution in [2.24, 2.45) is 5.73 Å². The third kappa shape index (κ3) is 2.49. The summed E-state index contributed by atoms with van der Waals surface area (Å²) in [4.78, 5) is 4.61. The fraction of sp³-hybridized carbons (Fsp3) is 0.308. The highest BCUT2D eigenvalue weighted by atomic mass is 32.1. The zero-order valence-electron chi connectivity index (χ0n) is 9.44. The van der Waals surface area contributed by atoms with Crippen LogP contribution >= 0.6 is 11.3 Å². The van der Waals surface area contributed by atoms with Gasteiger partial charge in [0.1, 0.15) is 0 Å². The van der Waals surface area contributed by atoms with Crippen molar-refractivity contribution in [2.75, 3.05) is 0 Å². The smallest absolute Gasteiger partial charge is 0.0932 e. The first-order valence-corrected chi connectivity index (χ1v) is 6.45. The summed E-state index contributed by atoms with van der Waals surface area (Å²) in [6, 6.07) is 8.31. The van der Waals surface area contributed by atoms with Crippen LogP contribution in [0.25, 0.3) is 11.3 Å². The van der Waals surface area contributed by atoms with E-state index in [1.165, 1.54) is 10.6 Å². The van der Waals surface area contributed by atoms with Gasteiger partial charge in [-0.2, -0.15) is 0 Å². The summed E-state index contributed by atoms with van der Waals surface area (Å²) >= 11 is 1.74. The molecule has 0 saturated heterocycles. The van der Waals surface area contributed by atoms with E-state index in [1.807, 2.05) is 0 Å². The van der Waals surface area contributed by atoms with E-state index < -0.39 is 0 Å². The Morgan fingerprint density at radius 2 is 2.00 bits per heavy atom. The number of nitrogens with two attached hydrogens (primary N) is 1. The molecule has 0 saturated carbocycles. The first-order valence-electron chi connectivity index (χ1n) is 5.57. The predicted molar refractivity (Wildman–Crippen MR) is 69.4 cm³/mol. The molecule has 1 aromatic heterocycles. The van der Waals surface area contributed by atoms with Crippen LogP contribution in [0.4, 0.5) is 0 Å². The van der Waals surface area contributed by atoms with Crippen LogP contribution in [0.3, 0.4) is 0 Å². The maximum absolute atomic E-state index is 5.57. The van der Waals surface area contributed by atoms with Gasteiger partial charge >= 0.3 is 0 Å². The maximum Gasteiger partial charge on any atom is 0.0932 e. The lowest BCUT2D eigenvalue weighted by molar-refractivity contribution is 0.910. The van der Waals surface area contributed by atoms with E-state index in [9.17, 15) is 0 Å². The number of aryl methyl sites for hydroxylation is 1. The van der Waals surface area contributed by atoms with Gasteiger partial charge in [0.15, 0.2) is 0 Å². The topological polar surface area (TPSA) is 38.9 Å². The second-order valence-corrected chi connectivity index (χ2v) is 4.72. The van der Waals surface area contributed by atoms with Gasteiger partial charge < -0.3 is 5.73 Å². The van der Waals surface area contributed by atoms with E-state index in [2.05, 4.69) is 41.6 Å². The largest absolute Gasteiger partial charge is 0.326 e. The van der Waals surface area contributed by atoms with E-state index in [1.54, 1.807) is 11.3 Å². The summed E-state index contributed by atoms with van der Waals surface area (Å²) in [6.45, 7) is 2.77. The second-order valence-electron chi connectivity index (χ2n) is 3.78. The van der Waals surface area contributed by atoms with Crippen LogP contribution in [0.5, 0.6) is 0 Å². The van der Waals surface area contributed by atoms with Crippen molar-refractivity contribution < 1.29 is 0 Å². The molecule has 0 spiro atoms. The molecule has 84 valence electrons. The van der Waals surface area contributed by atoms with Crippen molar-refractivity contribution in [1.82, 2.24) is 4.98 Å². The Morgan fingerprint density at radius 3 is 2.62 bits per heavy atom. The molecule has 3 heteroatoms. The molecular weight excluding hydrogens is 216 g/mol. The van der Waals surface area contributed by atoms with E-state index in [0.29, 0.717) is 6.54 Å². The number of hydrogen-bond donors (Lipinski definition) is 1. The van der Waals surface area contributed by atoms with Gasteiger partial charge in [-0.15, -0.1) is 11.3 Å². The van der Waals surface area contributed by atoms with Crippen molar-refractivity contribution in [3.05, 3.63) is 40.2 Å². The molecule has 0 fully saturated rings. The number of nitrogens with zero attached hydrogens (tertiary/aromatic N) is 1. The average Bonchev–Trinajstić information content (AvgIpc) is 2.78. The lowest BCUT2D eigenvalue weighted by Gasteiger charge is -1.99. The normalized spacial score (nSPS) is 10.6. The van der Waals surface area contributed by atoms with Crippen molar-refractivity contribution in [3.8, 4) is 11.3 Å². The third-order valence-electron chi connectivity index (χ3n) is 2.50. The minimum atomic E-state index is 0.596. The van der Waals surface area contributed by atoms with Crippen LogP contribution in [-0.4, -0.2) is 4.98 Å². The first kappa shape index (κ1) is 11.3. The first-order chi connectivity index (χ1) is 7.83. The Balaban J connectivity index is 2.21. The fourth-order valence-corrected chi connectivity index (χ4v) is 2.49. The Hall–Kier alpha value is -1.19. The average molecular weight is 232 g/mol. The SMILES string of the molecule is CCCc1nc(-c2ccc(CN)cc2)cs1. The molecule has 2 aromatic rings. The molecule has 0 aliphatic carbocycles. The molecule has 0 aliphatic rings. The zero-order chi connectivity index (χ0) is 11.4. The van der Waals surface area contributed by atoms with Gasteiger partial charge in [0.2, 0.25) is 0 Å². The summed E-state index contributed by atoms with van der Waals surface area (Å²) in [6.07, 6.45) is 2.23. The van der Waals surface area contributed by atoms with Crippen LogP contribution in [0.1, 0.15) is 23.9 Å². The highest BCUT2D eigenvalue weighted by Crippen LogP contribution is 2.22. The highest BCUT2D eigenvalue weighted by molar-refractivity contribution is 7.09. The van der Waals surface area contributed by atoms with Gasteiger partial charge in [-0.1, -0.05) is 31.2 Å². The third-order valence-corrected chi connectivity index (χ3v) is 3.41. The van der Waals surface area contributed by atoms with Gasteiger partial charge in [-0.05, 0) is 18.4 Å². The minimum absolute atomic E-state index is 0.596. The molecule has 1 heterocycles. The molecule has 0 amide bonds. The Morgan fingerprint density at radius 1 is 1.25 bits per heavy atom. The quantitative estimate of drug-likeness (QED) is 0.879. The summed E-state index contributed by atoms with van der Waals surface area (Å²) < 4.78 is 0. The zero-order valence-corrected chi connectivity index (χ0v) is 10.3. The van der Waals surface area contributed by atoms with Crippen molar-refractivity contribution >= 4 is 11.3 Å². The van der Waals surface area contributed by atoms with Gasteiger partial charge in [0.05, 0.1) is 10.7 Å². The van der Waals surface area contributed by atoms with Gasteiger partial charge in [-0.3, -0.25) is 0 Å². The summed E-state index contributed by atoms with van der Waals surface area (Å²) in [7, 11) is 0. The molecule has 0 aliphatic heterocycles. The molecule has 0 atom stereocenters. The molecule has 1 aromatic carbocycles. The van der Waals surface area contributed by atoms with Crippen LogP contribution < -0.4 is 5.73 Å². The lowest BCUT2D eigenvalue weighted by Crippen LogP contribution is -1.95. The Kier molecular flexibility index (Phi) is 3.70. The molecule has 2 nitrogen and oxygen atoms in total. The fourth-order valence-electron chi connectivity index (χ4n) is 1.58. The molecule has 0 radical (unpaired) electrons. The molecule has 16 heavy (non-hydrogen) atoms. The van der Waals surface area contributed by atoms with E-state index >= 15 is 0 Å². The number of rotatable bonds is 4. The lowest BCUT2D eigenvalue weighted by atomic mass is 10.1. The van der Waals surface area contributed by atoms with Crippen LogP contribution in [0, 0.1) is 0 Å². The number of aromatic nitrogens is 1. The molecular formula is C13H16N2S. The van der Waals surface area contributed by atoms with Crippen molar-refractivity contribution in [3.63, 3.8) is 0 Å². The molecule has 0 bridgehead atoms. The van der Waals surface area contributed by atoms with Crippen LogP contribution in [-0.2, 0) is 13.0 Å². The Labute approximate surface area is 100 Å². The predicted octanol–water partition coefficient (Wildman–Crippen LogP) is 3.22. The minimum Gasteiger partial charge on any atom is -0.326 e. The van der Waals surface area contributed by atoms with Gasteiger partial charge in [0.25, 0.3) is 0 Å². The van der Waals surface area contributed by atoms with E-state index in [0.717, 1.165) is 24.1 Å². The summed E-state index contributed by atoms with van der Waals surface area (Å²) in [5.41, 5.74) is 8.99. The van der Waals surface area contributed by atoms with Crippen molar-refractivity contribution in [2.45, 2.75) is 26.3 Å². The maximum atomic E-state index is 5.57. The Bertz CT molecular complexity index is 445. The molecule has 0 unspecified atom stereocenters. The summed E-state index contributed by atoms with van der Waals surface area (Å²) in [5, 5.41) is 3.35. The second kappa shape index (κ2) is 5.23. The number of benzene rings is 1. The van der Waals surface area contributed by atoms with Gasteiger partial charge in [-0.25, -0.2) is 4.98 Å². The number of thiazole rings is 1. The molecule has 2 N–H and O–H groups in total. The monoisotopic (exact) mass is 232 g/mol. The molecule has 2 rings (SSSR count). The highest BCUT2D eigenvalue weighted by Gasteiger charge is 2.03. The summed E-state index contributed by atoms with van der Waals surface area (Å²) in [5.74, 6) is 0. The van der Waals surface area contributed by atoms with Gasteiger partial charge in [0, 0.05) is 17.5 Å². The number of hydrogen-bond acceptors (Lipinski definition) is 3. The van der Waals surface area contributed by atoms with Crippen molar-refractivity contribution in [1.29, 1.82) is 0 Å². The standard InChI is InChI=1S/C13H16N2S/c1-2-3-13-15-12(9-16-13)11-6-4-10(8-14)5-7-11/h4-7,9H,2-3,8,14H2,1H3.